The summed E-state index contributed by atoms with van der Waals surface area (Å²) in [4.78, 5) is 14.1. The second kappa shape index (κ2) is 20.2. The Bertz CT molecular complexity index is 3380. The molecule has 0 fully saturated rings. The van der Waals surface area contributed by atoms with Gasteiger partial charge in [-0.25, -0.2) is 9.97 Å². The third-order valence-corrected chi connectivity index (χ3v) is 12.5. The second-order valence-corrected chi connectivity index (χ2v) is 16.1. The Morgan fingerprint density at radius 3 is 1.08 bits per heavy atom. The lowest BCUT2D eigenvalue weighted by atomic mass is 9.90. The van der Waals surface area contributed by atoms with Gasteiger partial charge in [0.05, 0.1) is 136 Å². The van der Waals surface area contributed by atoms with Crippen LogP contribution in [0.3, 0.4) is 0 Å². The molecule has 4 aromatic carbocycles. The summed E-state index contributed by atoms with van der Waals surface area (Å²) in [5, 5.41) is 0. The summed E-state index contributed by atoms with van der Waals surface area (Å²) in [6.07, 6.45) is 7.80. The summed E-state index contributed by atoms with van der Waals surface area (Å²) in [5.41, 5.74) is 8.68. The van der Waals surface area contributed by atoms with Crippen LogP contribution in [0, 0.1) is 0 Å². The number of fused-ring (bicyclic) bond motifs is 8. The van der Waals surface area contributed by atoms with Crippen molar-refractivity contribution in [3.05, 3.63) is 102 Å². The van der Waals surface area contributed by atoms with E-state index in [9.17, 15) is 0 Å². The van der Waals surface area contributed by atoms with E-state index >= 15 is 0 Å². The normalized spacial score (nSPS) is 11.5. The smallest absolute Gasteiger partial charge is 0.150 e. The first kappa shape index (κ1) is 48.1. The van der Waals surface area contributed by atoms with Gasteiger partial charge in [-0.3, -0.25) is 0 Å². The van der Waals surface area contributed by atoms with Gasteiger partial charge in [0.1, 0.15) is 74.7 Å². The van der Waals surface area contributed by atoms with Crippen LogP contribution < -0.4 is 56.8 Å². The number of benzene rings is 4. The van der Waals surface area contributed by atoms with Gasteiger partial charge in [0.25, 0.3) is 0 Å². The summed E-state index contributed by atoms with van der Waals surface area (Å²) in [6, 6.07) is 24.3. The monoisotopic (exact) mass is 974 g/mol. The molecule has 0 saturated carbocycles. The molecule has 16 nitrogen and oxygen atoms in total. The zero-order chi connectivity index (χ0) is 50.8. The molecule has 0 spiro atoms. The van der Waals surface area contributed by atoms with Crippen molar-refractivity contribution in [3.63, 3.8) is 0 Å². The van der Waals surface area contributed by atoms with Crippen LogP contribution in [-0.2, 0) is 0 Å². The highest BCUT2D eigenvalue weighted by Gasteiger charge is 2.36. The molecule has 5 heterocycles. The van der Waals surface area contributed by atoms with E-state index in [-0.39, 0.29) is 0 Å². The lowest BCUT2D eigenvalue weighted by Crippen LogP contribution is -2.05. The standard InChI is InChI=1S/C56H54N4O12/c1-61-35-22-41(65-5)51(42(23-35)66-6)49-39-18-17-33(59-39)20-32-14-13-30(57-32)19-31-15-16-34(58-31)21-40-50(52-43(67-7)24-36(62-2)25-44(52)68-8)54(53-45(69-9)26-37(63-3)27-46(53)70-10)56(49)60(40)55-47(71-11)28-38(64-4)29-48(55)72-12/h13-29,57H,1-12H3. The van der Waals surface area contributed by atoms with Crippen molar-refractivity contribution in [2.45, 2.75) is 0 Å². The van der Waals surface area contributed by atoms with E-state index < -0.39 is 0 Å². The minimum absolute atomic E-state index is 0.371. The summed E-state index contributed by atoms with van der Waals surface area (Å²) in [6.45, 7) is 0. The molecule has 0 amide bonds. The van der Waals surface area contributed by atoms with Crippen LogP contribution in [0.1, 0.15) is 22.8 Å². The molecule has 7 aromatic rings. The molecule has 0 saturated heterocycles. The zero-order valence-electron chi connectivity index (χ0n) is 42.1. The third-order valence-electron chi connectivity index (χ3n) is 12.5. The van der Waals surface area contributed by atoms with Crippen molar-refractivity contribution in [1.82, 2.24) is 19.5 Å². The van der Waals surface area contributed by atoms with Gasteiger partial charge >= 0.3 is 0 Å². The highest BCUT2D eigenvalue weighted by Crippen LogP contribution is 2.59. The van der Waals surface area contributed by atoms with Crippen molar-refractivity contribution >= 4 is 46.4 Å². The van der Waals surface area contributed by atoms with E-state index in [4.69, 9.17) is 66.8 Å². The van der Waals surface area contributed by atoms with Crippen LogP contribution in [0.5, 0.6) is 69.0 Å². The molecule has 16 heteroatoms. The molecule has 2 aliphatic heterocycles. The van der Waals surface area contributed by atoms with Crippen LogP contribution >= 0.6 is 0 Å². The molecular weight excluding hydrogens is 921 g/mol. The molecule has 72 heavy (non-hydrogen) atoms. The van der Waals surface area contributed by atoms with Crippen LogP contribution in [0.2, 0.25) is 0 Å². The molecule has 9 rings (SSSR count). The SMILES string of the molecule is COc1cc(OC)c(-c2c(-c3c(OC)cc(OC)cc3OC)c3c(-c4c(OC)cc(OC)cc4OC)c4nc(cc5ccc(cc6nc(cc2n3-c2c(OC)cc(OC)cc2OC)C=C6)[nH]5)C=C4)c(OC)c1. The number of nitrogens with zero attached hydrogens (tertiary/aromatic N) is 3. The molecule has 0 radical (unpaired) electrons. The zero-order valence-corrected chi connectivity index (χ0v) is 42.1. The minimum Gasteiger partial charge on any atom is -0.496 e. The lowest BCUT2D eigenvalue weighted by Gasteiger charge is -2.22. The number of aromatic amines is 1. The maximum Gasteiger partial charge on any atom is 0.150 e. The fraction of sp³-hybridized carbons (Fsp3) is 0.214. The van der Waals surface area contributed by atoms with E-state index in [1.807, 2.05) is 59.2 Å². The Labute approximate surface area is 416 Å². The summed E-state index contributed by atoms with van der Waals surface area (Å²) in [7, 11) is 19.0. The van der Waals surface area contributed by atoms with Gasteiger partial charge in [-0.15, -0.1) is 0 Å². The number of hydrogen-bond acceptors (Lipinski definition) is 14. The molecule has 0 unspecified atom stereocenters. The summed E-state index contributed by atoms with van der Waals surface area (Å²) >= 11 is 0. The van der Waals surface area contributed by atoms with Crippen LogP contribution in [0.4, 0.5) is 0 Å². The van der Waals surface area contributed by atoms with Crippen LogP contribution in [0.25, 0.3) is 85.4 Å². The number of H-pyrrole nitrogens is 1. The van der Waals surface area contributed by atoms with E-state index in [2.05, 4.69) is 4.98 Å². The first-order chi connectivity index (χ1) is 35.1. The Hall–Kier alpha value is -8.92. The van der Waals surface area contributed by atoms with Gasteiger partial charge in [-0.2, -0.15) is 0 Å². The average molecular weight is 975 g/mol. The Morgan fingerprint density at radius 2 is 0.681 bits per heavy atom. The van der Waals surface area contributed by atoms with Crippen LogP contribution in [-0.4, -0.2) is 105 Å². The Kier molecular flexibility index (Phi) is 13.5. The van der Waals surface area contributed by atoms with Gasteiger partial charge in [-0.05, 0) is 54.6 Å². The summed E-state index contributed by atoms with van der Waals surface area (Å²) < 4.78 is 76.6. The number of nitrogens with one attached hydrogen (secondary N) is 1. The van der Waals surface area contributed by atoms with E-state index in [0.717, 1.165) is 11.0 Å². The van der Waals surface area contributed by atoms with Gasteiger partial charge < -0.3 is 66.4 Å². The van der Waals surface area contributed by atoms with Gasteiger partial charge in [0.2, 0.25) is 0 Å². The molecule has 2 aliphatic rings. The van der Waals surface area contributed by atoms with E-state index in [1.165, 1.54) is 0 Å². The molecule has 370 valence electrons. The highest BCUT2D eigenvalue weighted by atomic mass is 16.5. The fourth-order valence-corrected chi connectivity index (χ4v) is 9.23. The predicted molar refractivity (Wildman–Crippen MR) is 279 cm³/mol. The van der Waals surface area contributed by atoms with Gasteiger partial charge in [0.15, 0.2) is 0 Å². The number of ether oxygens (including phenoxy) is 12. The minimum atomic E-state index is 0.371. The Morgan fingerprint density at radius 1 is 0.333 bits per heavy atom. The highest BCUT2D eigenvalue weighted by molar-refractivity contribution is 6.15. The van der Waals surface area contributed by atoms with E-state index in [0.29, 0.717) is 142 Å². The molecule has 3 aromatic heterocycles. The fourth-order valence-electron chi connectivity index (χ4n) is 9.23. The molecule has 1 N–H and O–H groups in total. The average Bonchev–Trinajstić information content (AvgIpc) is 4.24. The van der Waals surface area contributed by atoms with Crippen molar-refractivity contribution in [3.8, 4) is 108 Å². The van der Waals surface area contributed by atoms with Crippen molar-refractivity contribution in [2.75, 3.05) is 85.3 Å². The maximum atomic E-state index is 6.42. The predicted octanol–water partition coefficient (Wildman–Crippen LogP) is 11.2. The molecule has 0 aliphatic carbocycles. The molecule has 8 bridgehead atoms. The first-order valence-electron chi connectivity index (χ1n) is 22.5. The quantitative estimate of drug-likeness (QED) is 0.0975. The number of aromatic nitrogens is 4. The maximum absolute atomic E-state index is 6.42. The van der Waals surface area contributed by atoms with Crippen molar-refractivity contribution in [2.24, 2.45) is 0 Å². The number of hydrogen-bond donors (Lipinski definition) is 1. The number of rotatable bonds is 16. The van der Waals surface area contributed by atoms with E-state index in [1.54, 1.807) is 134 Å². The summed E-state index contributed by atoms with van der Waals surface area (Å²) in [5.74, 6) is 5.00. The largest absolute Gasteiger partial charge is 0.496 e. The number of methoxy groups -OCH3 is 12. The third kappa shape index (κ3) is 8.39. The van der Waals surface area contributed by atoms with Gasteiger partial charge in [-0.1, -0.05) is 0 Å². The Balaban J connectivity index is 1.77. The molecule has 0 atom stereocenters. The first-order valence-corrected chi connectivity index (χ1v) is 22.5. The second-order valence-electron chi connectivity index (χ2n) is 16.1. The lowest BCUT2D eigenvalue weighted by molar-refractivity contribution is 0.374. The topological polar surface area (TPSA) is 157 Å². The van der Waals surface area contributed by atoms with Crippen molar-refractivity contribution in [1.29, 1.82) is 0 Å². The van der Waals surface area contributed by atoms with Crippen molar-refractivity contribution < 1.29 is 56.8 Å². The van der Waals surface area contributed by atoms with Gasteiger partial charge in [0, 0.05) is 76.3 Å². The van der Waals surface area contributed by atoms with Crippen LogP contribution in [0.15, 0.2) is 78.9 Å². The molecular formula is C56H54N4O12.